The lowest BCUT2D eigenvalue weighted by molar-refractivity contribution is -0.114. The molecule has 0 unspecified atom stereocenters. The summed E-state index contributed by atoms with van der Waals surface area (Å²) in [5, 5.41) is 2.54. The van der Waals surface area contributed by atoms with Gasteiger partial charge in [-0.05, 0) is 55.0 Å². The van der Waals surface area contributed by atoms with E-state index in [1.807, 2.05) is 13.0 Å². The van der Waals surface area contributed by atoms with Crippen LogP contribution >= 0.6 is 0 Å². The van der Waals surface area contributed by atoms with Crippen molar-refractivity contribution in [3.05, 3.63) is 90.2 Å². The highest BCUT2D eigenvalue weighted by molar-refractivity contribution is 7.92. The van der Waals surface area contributed by atoms with Crippen LogP contribution in [0.25, 0.3) is 0 Å². The molecule has 5 nitrogen and oxygen atoms in total. The number of rotatable bonds is 6. The van der Waals surface area contributed by atoms with Crippen molar-refractivity contribution in [3.8, 4) is 0 Å². The van der Waals surface area contributed by atoms with Gasteiger partial charge in [-0.1, -0.05) is 36.4 Å². The lowest BCUT2D eigenvalue weighted by Gasteiger charge is -2.24. The monoisotopic (exact) mass is 398 g/mol. The number of carbonyl (C=O) groups is 1. The average molecular weight is 398 g/mol. The van der Waals surface area contributed by atoms with E-state index in [1.165, 1.54) is 36.4 Å². The molecular formula is C21H19FN2O3S. The lowest BCUT2D eigenvalue weighted by Crippen LogP contribution is -2.38. The molecule has 0 saturated carbocycles. The Hall–Kier alpha value is -3.19. The molecule has 3 aromatic carbocycles. The van der Waals surface area contributed by atoms with Crippen LogP contribution in [0.1, 0.15) is 5.56 Å². The molecule has 28 heavy (non-hydrogen) atoms. The van der Waals surface area contributed by atoms with Crippen LogP contribution in [0.15, 0.2) is 83.8 Å². The lowest BCUT2D eigenvalue weighted by atomic mass is 10.2. The Kier molecular flexibility index (Phi) is 5.75. The number of anilines is 2. The van der Waals surface area contributed by atoms with Gasteiger partial charge in [0.15, 0.2) is 0 Å². The van der Waals surface area contributed by atoms with Gasteiger partial charge in [0.1, 0.15) is 12.4 Å². The Morgan fingerprint density at radius 1 is 0.964 bits per heavy atom. The molecule has 0 aliphatic carbocycles. The summed E-state index contributed by atoms with van der Waals surface area (Å²) in [6.07, 6.45) is 0. The predicted octanol–water partition coefficient (Wildman–Crippen LogP) is 3.97. The molecule has 144 valence electrons. The highest BCUT2D eigenvalue weighted by Crippen LogP contribution is 2.24. The standard InChI is InChI=1S/C21H19FN2O3S/c1-16-7-5-10-19(13-16)24(28(26,27)20-11-3-2-4-12-20)15-21(25)23-18-9-6-8-17(22)14-18/h2-14H,15H2,1H3,(H,23,25). The first-order valence-corrected chi connectivity index (χ1v) is 10.0. The first-order valence-electron chi connectivity index (χ1n) is 8.56. The minimum absolute atomic E-state index is 0.0788. The van der Waals surface area contributed by atoms with Gasteiger partial charge >= 0.3 is 0 Å². The van der Waals surface area contributed by atoms with Crippen molar-refractivity contribution >= 4 is 27.3 Å². The van der Waals surface area contributed by atoms with Gasteiger partial charge in [0.05, 0.1) is 10.6 Å². The molecule has 0 radical (unpaired) electrons. The summed E-state index contributed by atoms with van der Waals surface area (Å²) in [6.45, 7) is 1.39. The van der Waals surface area contributed by atoms with Gasteiger partial charge in [0, 0.05) is 5.69 Å². The second kappa shape index (κ2) is 8.22. The van der Waals surface area contributed by atoms with Crippen molar-refractivity contribution in [2.24, 2.45) is 0 Å². The molecule has 0 fully saturated rings. The number of hydrogen-bond acceptors (Lipinski definition) is 3. The Labute approximate surface area is 163 Å². The van der Waals surface area contributed by atoms with Gasteiger partial charge in [0.2, 0.25) is 5.91 Å². The molecule has 0 aromatic heterocycles. The summed E-state index contributed by atoms with van der Waals surface area (Å²) in [4.78, 5) is 12.6. The van der Waals surface area contributed by atoms with Crippen molar-refractivity contribution < 1.29 is 17.6 Å². The largest absolute Gasteiger partial charge is 0.324 e. The second-order valence-electron chi connectivity index (χ2n) is 6.22. The quantitative estimate of drug-likeness (QED) is 0.683. The van der Waals surface area contributed by atoms with E-state index < -0.39 is 28.3 Å². The molecule has 3 aromatic rings. The van der Waals surface area contributed by atoms with Crippen LogP contribution in [0.5, 0.6) is 0 Å². The molecular weight excluding hydrogens is 379 g/mol. The maximum absolute atomic E-state index is 13.3. The highest BCUT2D eigenvalue weighted by atomic mass is 32.2. The summed E-state index contributed by atoms with van der Waals surface area (Å²) in [5.74, 6) is -1.07. The minimum atomic E-state index is -3.97. The van der Waals surface area contributed by atoms with Crippen LogP contribution in [0.3, 0.4) is 0 Å². The van der Waals surface area contributed by atoms with E-state index in [0.29, 0.717) is 5.69 Å². The van der Waals surface area contributed by atoms with Crippen LogP contribution in [-0.4, -0.2) is 20.9 Å². The number of halogens is 1. The highest BCUT2D eigenvalue weighted by Gasteiger charge is 2.27. The van der Waals surface area contributed by atoms with Crippen molar-refractivity contribution in [3.63, 3.8) is 0 Å². The van der Waals surface area contributed by atoms with Gasteiger partial charge in [-0.3, -0.25) is 9.10 Å². The van der Waals surface area contributed by atoms with Crippen LogP contribution in [0.2, 0.25) is 0 Å². The summed E-state index contributed by atoms with van der Waals surface area (Å²) >= 11 is 0. The zero-order chi connectivity index (χ0) is 20.1. The molecule has 7 heteroatoms. The summed E-state index contributed by atoms with van der Waals surface area (Å²) in [5.41, 5.74) is 1.49. The number of aryl methyl sites for hydroxylation is 1. The molecule has 1 N–H and O–H groups in total. The smallest absolute Gasteiger partial charge is 0.264 e. The molecule has 1 amide bonds. The maximum Gasteiger partial charge on any atom is 0.264 e. The third kappa shape index (κ3) is 4.55. The third-order valence-corrected chi connectivity index (χ3v) is 5.80. The van der Waals surface area contributed by atoms with Crippen molar-refractivity contribution in [1.82, 2.24) is 0 Å². The van der Waals surface area contributed by atoms with Crippen LogP contribution in [0, 0.1) is 12.7 Å². The van der Waals surface area contributed by atoms with Gasteiger partial charge in [-0.15, -0.1) is 0 Å². The van der Waals surface area contributed by atoms with E-state index >= 15 is 0 Å². The van der Waals surface area contributed by atoms with Crippen LogP contribution in [0.4, 0.5) is 15.8 Å². The predicted molar refractivity (Wildman–Crippen MR) is 107 cm³/mol. The molecule has 0 aliphatic rings. The first-order chi connectivity index (χ1) is 13.4. The fraction of sp³-hybridized carbons (Fsp3) is 0.0952. The van der Waals surface area contributed by atoms with E-state index in [9.17, 15) is 17.6 Å². The summed E-state index contributed by atoms with van der Waals surface area (Å²) < 4.78 is 40.7. The number of benzene rings is 3. The number of hydrogen-bond donors (Lipinski definition) is 1. The summed E-state index contributed by atoms with van der Waals surface area (Å²) in [6, 6.07) is 20.2. The Balaban J connectivity index is 1.94. The van der Waals surface area contributed by atoms with Crippen LogP contribution < -0.4 is 9.62 Å². The number of nitrogens with zero attached hydrogens (tertiary/aromatic N) is 1. The molecule has 0 heterocycles. The fourth-order valence-corrected chi connectivity index (χ4v) is 4.15. The number of nitrogens with one attached hydrogen (secondary N) is 1. The van der Waals surface area contributed by atoms with Crippen LogP contribution in [-0.2, 0) is 14.8 Å². The molecule has 0 saturated heterocycles. The zero-order valence-corrected chi connectivity index (χ0v) is 16.0. The molecule has 0 spiro atoms. The van der Waals surface area contributed by atoms with E-state index in [4.69, 9.17) is 0 Å². The van der Waals surface area contributed by atoms with Crippen molar-refractivity contribution in [2.45, 2.75) is 11.8 Å². The number of carbonyl (C=O) groups excluding carboxylic acids is 1. The maximum atomic E-state index is 13.3. The topological polar surface area (TPSA) is 66.5 Å². The molecule has 0 atom stereocenters. The molecule has 0 aliphatic heterocycles. The Morgan fingerprint density at radius 2 is 1.68 bits per heavy atom. The zero-order valence-electron chi connectivity index (χ0n) is 15.2. The van der Waals surface area contributed by atoms with Gasteiger partial charge in [-0.2, -0.15) is 0 Å². The van der Waals surface area contributed by atoms with E-state index in [2.05, 4.69) is 5.32 Å². The molecule has 0 bridgehead atoms. The number of sulfonamides is 1. The van der Waals surface area contributed by atoms with E-state index in [0.717, 1.165) is 9.87 Å². The minimum Gasteiger partial charge on any atom is -0.324 e. The van der Waals surface area contributed by atoms with Crippen molar-refractivity contribution in [2.75, 3.05) is 16.2 Å². The van der Waals surface area contributed by atoms with Crippen molar-refractivity contribution in [1.29, 1.82) is 0 Å². The SMILES string of the molecule is Cc1cccc(N(CC(=O)Nc2cccc(F)c2)S(=O)(=O)c2ccccc2)c1. The Morgan fingerprint density at radius 3 is 2.36 bits per heavy atom. The van der Waals surface area contributed by atoms with Gasteiger partial charge < -0.3 is 5.32 Å². The number of amides is 1. The van der Waals surface area contributed by atoms with Gasteiger partial charge in [0.25, 0.3) is 10.0 Å². The average Bonchev–Trinajstić information content (AvgIpc) is 2.67. The third-order valence-electron chi connectivity index (χ3n) is 4.02. The first kappa shape index (κ1) is 19.6. The normalized spacial score (nSPS) is 11.1. The van der Waals surface area contributed by atoms with Gasteiger partial charge in [-0.25, -0.2) is 12.8 Å². The summed E-state index contributed by atoms with van der Waals surface area (Å²) in [7, 11) is -3.97. The molecule has 3 rings (SSSR count). The second-order valence-corrected chi connectivity index (χ2v) is 8.08. The Bertz CT molecular complexity index is 1090. The van der Waals surface area contributed by atoms with E-state index in [1.54, 1.807) is 36.4 Å². The fourth-order valence-electron chi connectivity index (χ4n) is 2.72. The van der Waals surface area contributed by atoms with E-state index in [-0.39, 0.29) is 10.6 Å².